The third-order valence-electron chi connectivity index (χ3n) is 6.24. The molecule has 1 unspecified atom stereocenters. The average Bonchev–Trinajstić information content (AvgIpc) is 3.24. The molecular formula is C24H25N7O4. The van der Waals surface area contributed by atoms with Crippen LogP contribution in [0.2, 0.25) is 0 Å². The van der Waals surface area contributed by atoms with Crippen LogP contribution in [0.4, 0.5) is 5.95 Å². The molecule has 11 nitrogen and oxygen atoms in total. The van der Waals surface area contributed by atoms with Crippen molar-refractivity contribution in [2.75, 3.05) is 18.0 Å². The molecule has 0 saturated carbocycles. The Labute approximate surface area is 199 Å². The molecule has 1 aliphatic heterocycles. The van der Waals surface area contributed by atoms with Crippen molar-refractivity contribution in [3.05, 3.63) is 61.4 Å². The molecule has 0 aliphatic carbocycles. The Morgan fingerprint density at radius 3 is 2.74 bits per heavy atom. The topological polar surface area (TPSA) is 134 Å². The van der Waals surface area contributed by atoms with Crippen LogP contribution in [-0.4, -0.2) is 42.8 Å². The van der Waals surface area contributed by atoms with Crippen LogP contribution < -0.4 is 27.5 Å². The van der Waals surface area contributed by atoms with E-state index in [2.05, 4.69) is 21.8 Å². The van der Waals surface area contributed by atoms with Crippen molar-refractivity contribution >= 4 is 28.0 Å². The molecule has 180 valence electrons. The zero-order chi connectivity index (χ0) is 24.7. The molecule has 1 atom stereocenters. The molecule has 0 amide bonds. The highest BCUT2D eigenvalue weighted by atomic mass is 16.4. The number of benzene rings is 1. The summed E-state index contributed by atoms with van der Waals surface area (Å²) in [5.74, 6) is 6.37. The van der Waals surface area contributed by atoms with E-state index >= 15 is 0 Å². The van der Waals surface area contributed by atoms with E-state index in [1.54, 1.807) is 42.8 Å². The summed E-state index contributed by atoms with van der Waals surface area (Å²) in [5.41, 5.74) is 5.39. The van der Waals surface area contributed by atoms with Crippen LogP contribution in [-0.2, 0) is 20.1 Å². The van der Waals surface area contributed by atoms with Crippen molar-refractivity contribution in [2.45, 2.75) is 38.9 Å². The summed E-state index contributed by atoms with van der Waals surface area (Å²) in [5, 5.41) is 0.326. The Morgan fingerprint density at radius 1 is 1.17 bits per heavy atom. The van der Waals surface area contributed by atoms with E-state index in [0.717, 1.165) is 24.0 Å². The molecule has 0 bridgehead atoms. The molecule has 5 rings (SSSR count). The summed E-state index contributed by atoms with van der Waals surface area (Å²) in [6.07, 6.45) is 1.82. The lowest BCUT2D eigenvalue weighted by molar-refractivity contribution is 0.423. The summed E-state index contributed by atoms with van der Waals surface area (Å²) in [7, 11) is 1.55. The van der Waals surface area contributed by atoms with Crippen molar-refractivity contribution in [1.82, 2.24) is 23.7 Å². The number of piperidine rings is 1. The first-order valence-electron chi connectivity index (χ1n) is 11.4. The fourth-order valence-corrected chi connectivity index (χ4v) is 4.51. The molecule has 1 fully saturated rings. The highest BCUT2D eigenvalue weighted by Crippen LogP contribution is 2.23. The minimum atomic E-state index is -0.590. The van der Waals surface area contributed by atoms with E-state index < -0.39 is 16.9 Å². The molecule has 1 aliphatic rings. The van der Waals surface area contributed by atoms with Crippen molar-refractivity contribution in [3.63, 3.8) is 0 Å². The van der Waals surface area contributed by atoms with Gasteiger partial charge >= 0.3 is 11.3 Å². The smallest absolute Gasteiger partial charge is 0.346 e. The number of fused-ring (bicyclic) bond motifs is 2. The van der Waals surface area contributed by atoms with Gasteiger partial charge in [0, 0.05) is 26.2 Å². The predicted octanol–water partition coefficient (Wildman–Crippen LogP) is 0.397. The normalized spacial score (nSPS) is 16.0. The maximum Gasteiger partial charge on any atom is 0.346 e. The van der Waals surface area contributed by atoms with Gasteiger partial charge in [0.25, 0.3) is 5.56 Å². The minimum Gasteiger partial charge on any atom is -0.406 e. The van der Waals surface area contributed by atoms with Gasteiger partial charge in [-0.25, -0.2) is 19.1 Å². The van der Waals surface area contributed by atoms with Gasteiger partial charge in [-0.05, 0) is 31.9 Å². The van der Waals surface area contributed by atoms with Gasteiger partial charge in [0.2, 0.25) is 11.8 Å². The standard InChI is InChI=1S/C24H25N7O4/c1-3-4-12-30-19-20(27-23(30)29-11-7-8-15(25)13-29)28(2)24(34)31(21(19)32)14-18-26-17-10-6-5-9-16(17)22(33)35-18/h5-6,9-10,15H,7-8,11-14,25H2,1-2H3. The van der Waals surface area contributed by atoms with Crippen molar-refractivity contribution in [3.8, 4) is 11.8 Å². The third-order valence-corrected chi connectivity index (χ3v) is 6.24. The monoisotopic (exact) mass is 475 g/mol. The largest absolute Gasteiger partial charge is 0.406 e. The van der Waals surface area contributed by atoms with Crippen LogP contribution in [0.1, 0.15) is 25.7 Å². The Morgan fingerprint density at radius 2 is 1.97 bits per heavy atom. The first kappa shape index (κ1) is 22.6. The van der Waals surface area contributed by atoms with Crippen LogP contribution in [0, 0.1) is 11.8 Å². The molecule has 0 spiro atoms. The van der Waals surface area contributed by atoms with Crippen LogP contribution in [0.15, 0.2) is 43.1 Å². The van der Waals surface area contributed by atoms with E-state index in [4.69, 9.17) is 10.2 Å². The predicted molar refractivity (Wildman–Crippen MR) is 131 cm³/mol. The number of imidazole rings is 1. The number of aromatic nitrogens is 5. The zero-order valence-corrected chi connectivity index (χ0v) is 19.5. The summed E-state index contributed by atoms with van der Waals surface area (Å²) in [6.45, 7) is 2.99. The highest BCUT2D eigenvalue weighted by molar-refractivity contribution is 5.77. The minimum absolute atomic E-state index is 0.00312. The van der Waals surface area contributed by atoms with Crippen molar-refractivity contribution in [2.24, 2.45) is 12.8 Å². The average molecular weight is 476 g/mol. The lowest BCUT2D eigenvalue weighted by Gasteiger charge is -2.31. The molecule has 0 radical (unpaired) electrons. The Hall–Kier alpha value is -4.17. The van der Waals surface area contributed by atoms with Gasteiger partial charge in [-0.3, -0.25) is 13.9 Å². The van der Waals surface area contributed by atoms with Crippen molar-refractivity contribution < 1.29 is 4.42 Å². The summed E-state index contributed by atoms with van der Waals surface area (Å²) < 4.78 is 9.37. The van der Waals surface area contributed by atoms with Crippen LogP contribution >= 0.6 is 0 Å². The number of nitrogens with zero attached hydrogens (tertiary/aromatic N) is 6. The van der Waals surface area contributed by atoms with E-state index in [0.29, 0.717) is 23.4 Å². The highest BCUT2D eigenvalue weighted by Gasteiger charge is 2.26. The molecule has 1 saturated heterocycles. The molecule has 11 heteroatoms. The number of rotatable bonds is 4. The van der Waals surface area contributed by atoms with E-state index in [1.165, 1.54) is 4.57 Å². The van der Waals surface area contributed by atoms with Gasteiger partial charge < -0.3 is 15.1 Å². The number of hydrogen-bond acceptors (Lipinski definition) is 8. The van der Waals surface area contributed by atoms with Crippen molar-refractivity contribution in [1.29, 1.82) is 0 Å². The second kappa shape index (κ2) is 8.88. The molecule has 3 aromatic heterocycles. The molecule has 35 heavy (non-hydrogen) atoms. The molecule has 4 heterocycles. The second-order valence-corrected chi connectivity index (χ2v) is 8.59. The molecule has 1 aromatic carbocycles. The number of aryl methyl sites for hydroxylation is 1. The fraction of sp³-hybridized carbons (Fsp3) is 0.375. The van der Waals surface area contributed by atoms with E-state index in [9.17, 15) is 14.4 Å². The van der Waals surface area contributed by atoms with Gasteiger partial charge in [0.05, 0.1) is 17.4 Å². The molecule has 4 aromatic rings. The fourth-order valence-electron chi connectivity index (χ4n) is 4.51. The van der Waals surface area contributed by atoms with Crippen LogP contribution in [0.25, 0.3) is 22.1 Å². The van der Waals surface area contributed by atoms with Gasteiger partial charge in [0.1, 0.15) is 6.54 Å². The number of para-hydroxylation sites is 1. The van der Waals surface area contributed by atoms with Gasteiger partial charge in [-0.1, -0.05) is 18.1 Å². The summed E-state index contributed by atoms with van der Waals surface area (Å²) in [6, 6.07) is 6.74. The Kier molecular flexibility index (Phi) is 5.74. The van der Waals surface area contributed by atoms with Gasteiger partial charge in [-0.15, -0.1) is 5.92 Å². The van der Waals surface area contributed by atoms with Crippen LogP contribution in [0.5, 0.6) is 0 Å². The SMILES string of the molecule is CC#CCn1c(N2CCCC(N)C2)nc2c1c(=O)n(Cc1nc3ccccc3c(=O)o1)c(=O)n2C. The van der Waals surface area contributed by atoms with Gasteiger partial charge in [0.15, 0.2) is 11.2 Å². The number of nitrogens with two attached hydrogens (primary N) is 1. The maximum absolute atomic E-state index is 13.6. The van der Waals surface area contributed by atoms with E-state index in [-0.39, 0.29) is 36.2 Å². The number of anilines is 1. The Balaban J connectivity index is 1.70. The lowest BCUT2D eigenvalue weighted by atomic mass is 10.1. The zero-order valence-electron chi connectivity index (χ0n) is 19.5. The summed E-state index contributed by atoms with van der Waals surface area (Å²) >= 11 is 0. The quantitative estimate of drug-likeness (QED) is 0.419. The third kappa shape index (κ3) is 3.91. The second-order valence-electron chi connectivity index (χ2n) is 8.59. The summed E-state index contributed by atoms with van der Waals surface area (Å²) in [4.78, 5) is 50.3. The molecule has 2 N–H and O–H groups in total. The van der Waals surface area contributed by atoms with Gasteiger partial charge in [-0.2, -0.15) is 4.98 Å². The van der Waals surface area contributed by atoms with Crippen LogP contribution in [0.3, 0.4) is 0 Å². The first-order chi connectivity index (χ1) is 16.9. The Bertz CT molecular complexity index is 1680. The number of hydrogen-bond donors (Lipinski definition) is 1. The molecular weight excluding hydrogens is 450 g/mol. The first-order valence-corrected chi connectivity index (χ1v) is 11.4. The maximum atomic E-state index is 13.6. The lowest BCUT2D eigenvalue weighted by Crippen LogP contribution is -2.44. The van der Waals surface area contributed by atoms with E-state index in [1.807, 2.05) is 4.90 Å².